The van der Waals surface area contributed by atoms with Gasteiger partial charge in [-0.05, 0) is 0 Å². The number of nitrogens with zero attached hydrogens (tertiary/aromatic N) is 2. The second-order valence-corrected chi connectivity index (χ2v) is 15.0. The Morgan fingerprint density at radius 1 is 1.23 bits per heavy atom. The number of alkyl halides is 3. The fourth-order valence-corrected chi connectivity index (χ4v) is 12.7. The number of halogens is 4. The standard InChI is InChI=1S/C13H14F3IN2O2S/c1-3-19-10(2)12(9-18-19)17(11-7-5-4-6-8-11)22(20,21)13(14,15)16/h4-9H,3H2,1-2H3. The Labute approximate surface area is 132 Å². The van der Waals surface area contributed by atoms with Crippen molar-refractivity contribution in [1.82, 2.24) is 9.78 Å². The van der Waals surface area contributed by atoms with Crippen molar-refractivity contribution in [3.05, 3.63) is 49.4 Å². The molecule has 0 aliphatic rings. The molecule has 1 heterocycles. The summed E-state index contributed by atoms with van der Waals surface area (Å²) in [4.78, 5) is 0. The van der Waals surface area contributed by atoms with Gasteiger partial charge in [0, 0.05) is 0 Å². The van der Waals surface area contributed by atoms with Crippen molar-refractivity contribution in [1.29, 1.82) is 0 Å². The van der Waals surface area contributed by atoms with Crippen LogP contribution in [0.25, 0.3) is 0 Å². The van der Waals surface area contributed by atoms with Gasteiger partial charge >= 0.3 is 132 Å². The van der Waals surface area contributed by atoms with Crippen LogP contribution in [0.15, 0.2) is 36.5 Å². The van der Waals surface area contributed by atoms with Gasteiger partial charge in [-0.25, -0.2) is 0 Å². The predicted octanol–water partition coefficient (Wildman–Crippen LogP) is 3.61. The van der Waals surface area contributed by atoms with Crippen molar-refractivity contribution in [3.8, 4) is 0 Å². The molecule has 0 N–H and O–H groups in total. The van der Waals surface area contributed by atoms with Crippen LogP contribution in [-0.4, -0.2) is 23.7 Å². The molecule has 1 aromatic carbocycles. The van der Waals surface area contributed by atoms with E-state index in [1.165, 1.54) is 23.0 Å². The average Bonchev–Trinajstić information content (AvgIpc) is 2.80. The molecule has 2 rings (SSSR count). The van der Waals surface area contributed by atoms with Crippen LogP contribution in [-0.2, 0) is 13.6 Å². The van der Waals surface area contributed by atoms with Gasteiger partial charge in [0.2, 0.25) is 0 Å². The Morgan fingerprint density at radius 3 is 2.27 bits per heavy atom. The van der Waals surface area contributed by atoms with Crippen LogP contribution < -0.4 is 0 Å². The minimum atomic E-state index is -5.27. The summed E-state index contributed by atoms with van der Waals surface area (Å²) in [6.07, 6.45) is 1.26. The van der Waals surface area contributed by atoms with E-state index in [1.807, 2.05) is 0 Å². The molecule has 0 unspecified atom stereocenters. The van der Waals surface area contributed by atoms with Crippen molar-refractivity contribution >= 4 is 25.4 Å². The first-order chi connectivity index (χ1) is 10.2. The van der Waals surface area contributed by atoms with Gasteiger partial charge in [0.05, 0.1) is 0 Å². The number of hydrogen-bond acceptors (Lipinski definition) is 3. The van der Waals surface area contributed by atoms with Crippen molar-refractivity contribution in [2.75, 3.05) is 0 Å². The summed E-state index contributed by atoms with van der Waals surface area (Å²) < 4.78 is 65.5. The minimum absolute atomic E-state index is 0.203. The van der Waals surface area contributed by atoms with Crippen LogP contribution in [0.5, 0.6) is 0 Å². The predicted molar refractivity (Wildman–Crippen MR) is 85.5 cm³/mol. The van der Waals surface area contributed by atoms with Crippen molar-refractivity contribution in [2.24, 2.45) is 0 Å². The fraction of sp³-hybridized carbons (Fsp3) is 0.308. The maximum atomic E-state index is 13.1. The molecule has 22 heavy (non-hydrogen) atoms. The topological polar surface area (TPSA) is 52.0 Å². The van der Waals surface area contributed by atoms with Crippen LogP contribution in [0.1, 0.15) is 12.6 Å². The summed E-state index contributed by atoms with van der Waals surface area (Å²) in [5.74, 6) is 0. The molecule has 9 heteroatoms. The third kappa shape index (κ3) is 3.00. The molecule has 0 amide bonds. The molecule has 0 saturated heterocycles. The third-order valence-electron chi connectivity index (χ3n) is 2.94. The molecule has 0 saturated carbocycles. The number of hydrogen-bond donors (Lipinski definition) is 0. The molecular weight excluding hydrogens is 432 g/mol. The zero-order valence-electron chi connectivity index (χ0n) is 11.8. The van der Waals surface area contributed by atoms with Gasteiger partial charge in [0.1, 0.15) is 0 Å². The number of aromatic nitrogens is 2. The van der Waals surface area contributed by atoms with Crippen LogP contribution in [0, 0.1) is 14.1 Å². The average molecular weight is 446 g/mol. The van der Waals surface area contributed by atoms with E-state index in [-0.39, 0.29) is 7.14 Å². The molecule has 0 fully saturated rings. The summed E-state index contributed by atoms with van der Waals surface area (Å²) in [7, 11) is -5.26. The fourth-order valence-electron chi connectivity index (χ4n) is 1.87. The van der Waals surface area contributed by atoms with Crippen molar-refractivity contribution in [2.45, 2.75) is 25.9 Å². The molecular formula is C13H14F3IN2O2S. The van der Waals surface area contributed by atoms with Crippen LogP contribution >= 0.6 is 18.4 Å². The van der Waals surface area contributed by atoms with E-state index < -0.39 is 31.0 Å². The summed E-state index contributed by atoms with van der Waals surface area (Å²) in [6.45, 7) is 3.87. The van der Waals surface area contributed by atoms with E-state index in [9.17, 15) is 21.6 Å². The van der Waals surface area contributed by atoms with Gasteiger partial charge in [-0.3, -0.25) is 0 Å². The molecule has 122 valence electrons. The van der Waals surface area contributed by atoms with Gasteiger partial charge in [0.25, 0.3) is 0 Å². The molecule has 0 atom stereocenters. The van der Waals surface area contributed by atoms with E-state index in [0.717, 1.165) is 0 Å². The first kappa shape index (κ1) is 17.3. The Hall–Kier alpha value is -1.10. The third-order valence-corrected chi connectivity index (χ3v) is 15.2. The zero-order valence-corrected chi connectivity index (χ0v) is 14.8. The van der Waals surface area contributed by atoms with E-state index in [4.69, 9.17) is 0 Å². The Bertz CT molecular complexity index is 757. The molecule has 0 aliphatic carbocycles. The Morgan fingerprint density at radius 2 is 1.82 bits per heavy atom. The van der Waals surface area contributed by atoms with Gasteiger partial charge in [-0.15, -0.1) is 0 Å². The molecule has 4 nitrogen and oxygen atoms in total. The maximum absolute atomic E-state index is 13.1. The molecule has 0 spiro atoms. The van der Waals surface area contributed by atoms with Crippen LogP contribution in [0.3, 0.4) is 0 Å². The number of aryl methyl sites for hydroxylation is 1. The van der Waals surface area contributed by atoms with Gasteiger partial charge in [0.15, 0.2) is 0 Å². The summed E-state index contributed by atoms with van der Waals surface area (Å²) in [6, 6.07) is 7.62. The molecule has 0 radical (unpaired) electrons. The number of benzene rings is 1. The van der Waals surface area contributed by atoms with Crippen LogP contribution in [0.2, 0.25) is 0 Å². The molecule has 0 aliphatic heterocycles. The molecule has 0 bridgehead atoms. The van der Waals surface area contributed by atoms with Crippen molar-refractivity contribution < 1.29 is 21.6 Å². The Balaban J connectivity index is 2.70. The molecule has 2 aromatic rings. The Kier molecular flexibility index (Phi) is 4.85. The van der Waals surface area contributed by atoms with Gasteiger partial charge in [-0.2, -0.15) is 0 Å². The summed E-state index contributed by atoms with van der Waals surface area (Å²) >= 11 is -3.78. The van der Waals surface area contributed by atoms with Crippen LogP contribution in [0.4, 0.5) is 13.2 Å². The monoisotopic (exact) mass is 446 g/mol. The van der Waals surface area contributed by atoms with E-state index in [0.29, 0.717) is 12.2 Å². The van der Waals surface area contributed by atoms with Crippen molar-refractivity contribution in [3.63, 3.8) is 0 Å². The second kappa shape index (κ2) is 6.19. The van der Waals surface area contributed by atoms with E-state index in [1.54, 1.807) is 32.0 Å². The van der Waals surface area contributed by atoms with E-state index >= 15 is 0 Å². The summed E-state index contributed by atoms with van der Waals surface area (Å²) in [5.41, 5.74) is -4.79. The second-order valence-electron chi connectivity index (χ2n) is 4.32. The molecule has 1 aromatic heterocycles. The first-order valence-electron chi connectivity index (χ1n) is 6.29. The zero-order chi connectivity index (χ0) is 16.5. The SMILES string of the molecule is CCn1ncc(I(c2ccccc2)S(=O)(=O)C(F)(F)F)c1C. The first-order valence-corrected chi connectivity index (χ1v) is 12.5. The van der Waals surface area contributed by atoms with E-state index in [2.05, 4.69) is 5.10 Å². The normalized spacial score (nSPS) is 13.2. The summed E-state index contributed by atoms with van der Waals surface area (Å²) in [5, 5.41) is 4.00. The van der Waals surface area contributed by atoms with Gasteiger partial charge in [-0.1, -0.05) is 0 Å². The van der Waals surface area contributed by atoms with Gasteiger partial charge < -0.3 is 0 Å². The number of rotatable bonds is 4. The quantitative estimate of drug-likeness (QED) is 0.533.